The molecule has 0 heterocycles. The van der Waals surface area contributed by atoms with Gasteiger partial charge in [0.05, 0.1) is 6.61 Å². The van der Waals surface area contributed by atoms with Crippen molar-refractivity contribution in [2.75, 3.05) is 11.9 Å². The van der Waals surface area contributed by atoms with E-state index in [-0.39, 0.29) is 0 Å². The third-order valence-electron chi connectivity index (χ3n) is 4.34. The van der Waals surface area contributed by atoms with Crippen molar-refractivity contribution in [2.45, 2.75) is 27.0 Å². The van der Waals surface area contributed by atoms with Gasteiger partial charge in [0.15, 0.2) is 11.5 Å². The van der Waals surface area contributed by atoms with Crippen LogP contribution in [0.3, 0.4) is 0 Å². The van der Waals surface area contributed by atoms with Crippen LogP contribution in [0.1, 0.15) is 23.6 Å². The van der Waals surface area contributed by atoms with Crippen LogP contribution in [0.4, 0.5) is 5.69 Å². The molecule has 0 aliphatic carbocycles. The Labute approximate surface area is 176 Å². The normalized spacial score (nSPS) is 10.6. The van der Waals surface area contributed by atoms with E-state index in [2.05, 4.69) is 5.32 Å². The predicted molar refractivity (Wildman–Crippen MR) is 117 cm³/mol. The van der Waals surface area contributed by atoms with E-state index in [9.17, 15) is 0 Å². The van der Waals surface area contributed by atoms with E-state index in [1.54, 1.807) is 0 Å². The van der Waals surface area contributed by atoms with Gasteiger partial charge >= 0.3 is 0 Å². The summed E-state index contributed by atoms with van der Waals surface area (Å²) in [6, 6.07) is 19.5. The second-order valence-electron chi connectivity index (χ2n) is 6.40. The van der Waals surface area contributed by atoms with Crippen molar-refractivity contribution in [2.24, 2.45) is 0 Å². The summed E-state index contributed by atoms with van der Waals surface area (Å²) in [5, 5.41) is 4.88. The molecule has 0 unspecified atom stereocenters. The van der Waals surface area contributed by atoms with Gasteiger partial charge in [-0.15, -0.1) is 0 Å². The molecular weight excluding hydrogens is 393 g/mol. The molecule has 0 spiro atoms. The first kappa shape index (κ1) is 20.4. The number of nitrogens with one attached hydrogen (secondary N) is 1. The highest BCUT2D eigenvalue weighted by molar-refractivity contribution is 6.31. The highest BCUT2D eigenvalue weighted by Gasteiger charge is 2.08. The molecule has 3 aromatic rings. The Bertz CT molecular complexity index is 944. The lowest BCUT2D eigenvalue weighted by molar-refractivity contribution is 0.269. The van der Waals surface area contributed by atoms with Gasteiger partial charge in [-0.1, -0.05) is 47.5 Å². The Hall–Kier alpha value is -2.36. The smallest absolute Gasteiger partial charge is 0.161 e. The Morgan fingerprint density at radius 2 is 1.68 bits per heavy atom. The van der Waals surface area contributed by atoms with E-state index in [0.717, 1.165) is 33.1 Å². The van der Waals surface area contributed by atoms with Crippen LogP contribution in [0.25, 0.3) is 0 Å². The number of anilines is 1. The molecule has 0 aliphatic heterocycles. The molecule has 0 amide bonds. The maximum Gasteiger partial charge on any atom is 0.161 e. The molecule has 0 atom stereocenters. The Kier molecular flexibility index (Phi) is 7.07. The van der Waals surface area contributed by atoms with Gasteiger partial charge in [0.2, 0.25) is 0 Å². The molecule has 5 heteroatoms. The number of halogens is 2. The van der Waals surface area contributed by atoms with Gasteiger partial charge in [-0.25, -0.2) is 0 Å². The molecule has 0 aromatic heterocycles. The van der Waals surface area contributed by atoms with E-state index in [0.29, 0.717) is 30.5 Å². The van der Waals surface area contributed by atoms with Crippen LogP contribution >= 0.6 is 23.2 Å². The summed E-state index contributed by atoms with van der Waals surface area (Å²) in [7, 11) is 0. The molecule has 0 aliphatic rings. The minimum atomic E-state index is 0.430. The molecule has 0 radical (unpaired) electrons. The van der Waals surface area contributed by atoms with Gasteiger partial charge in [-0.05, 0) is 66.9 Å². The van der Waals surface area contributed by atoms with E-state index < -0.39 is 0 Å². The minimum absolute atomic E-state index is 0.430. The highest BCUT2D eigenvalue weighted by atomic mass is 35.5. The van der Waals surface area contributed by atoms with E-state index >= 15 is 0 Å². The quantitative estimate of drug-likeness (QED) is 0.434. The Balaban J connectivity index is 1.70. The number of benzene rings is 3. The maximum absolute atomic E-state index is 6.19. The third-order valence-corrected chi connectivity index (χ3v) is 4.99. The molecule has 146 valence electrons. The van der Waals surface area contributed by atoms with Gasteiger partial charge in [-0.2, -0.15) is 0 Å². The molecule has 3 rings (SSSR count). The van der Waals surface area contributed by atoms with Crippen LogP contribution in [0, 0.1) is 6.92 Å². The third kappa shape index (κ3) is 5.34. The van der Waals surface area contributed by atoms with Crippen LogP contribution in [0.2, 0.25) is 10.0 Å². The second-order valence-corrected chi connectivity index (χ2v) is 7.24. The second kappa shape index (κ2) is 9.72. The lowest BCUT2D eigenvalue weighted by atomic mass is 10.1. The fraction of sp³-hybridized carbons (Fsp3) is 0.217. The summed E-state index contributed by atoms with van der Waals surface area (Å²) >= 11 is 12.2. The number of hydrogen-bond acceptors (Lipinski definition) is 3. The lowest BCUT2D eigenvalue weighted by Gasteiger charge is -2.15. The summed E-state index contributed by atoms with van der Waals surface area (Å²) in [5.41, 5.74) is 4.16. The number of hydrogen-bond donors (Lipinski definition) is 1. The zero-order valence-electron chi connectivity index (χ0n) is 16.0. The average molecular weight is 416 g/mol. The average Bonchev–Trinajstić information content (AvgIpc) is 2.69. The Morgan fingerprint density at radius 1 is 0.857 bits per heavy atom. The van der Waals surface area contributed by atoms with Gasteiger partial charge in [0, 0.05) is 22.3 Å². The van der Waals surface area contributed by atoms with Crippen molar-refractivity contribution in [3.05, 3.63) is 87.4 Å². The van der Waals surface area contributed by atoms with Crippen LogP contribution < -0.4 is 14.8 Å². The number of ether oxygens (including phenoxy) is 2. The predicted octanol–water partition coefficient (Wildman–Crippen LogP) is 6.89. The van der Waals surface area contributed by atoms with E-state index in [1.807, 2.05) is 74.5 Å². The van der Waals surface area contributed by atoms with Crippen molar-refractivity contribution < 1.29 is 9.47 Å². The summed E-state index contributed by atoms with van der Waals surface area (Å²) in [5.74, 6) is 1.44. The standard InChI is InChI=1S/C23H23Cl2NO2/c1-3-27-23-13-17(14-26-21-9-5-8-20(25)16(21)2)10-11-22(23)28-15-18-6-4-7-19(24)12-18/h4-13,26H,3,14-15H2,1-2H3. The van der Waals surface area contributed by atoms with Crippen molar-refractivity contribution in [1.82, 2.24) is 0 Å². The summed E-state index contributed by atoms with van der Waals surface area (Å²) in [6.07, 6.45) is 0. The van der Waals surface area contributed by atoms with Crippen molar-refractivity contribution in [3.8, 4) is 11.5 Å². The van der Waals surface area contributed by atoms with Crippen molar-refractivity contribution in [1.29, 1.82) is 0 Å². The van der Waals surface area contributed by atoms with Gasteiger partial charge in [-0.3, -0.25) is 0 Å². The molecule has 0 bridgehead atoms. The summed E-state index contributed by atoms with van der Waals surface area (Å²) in [4.78, 5) is 0. The highest BCUT2D eigenvalue weighted by Crippen LogP contribution is 2.30. The van der Waals surface area contributed by atoms with E-state index in [1.165, 1.54) is 0 Å². The van der Waals surface area contributed by atoms with Crippen LogP contribution in [0.15, 0.2) is 60.7 Å². The molecule has 28 heavy (non-hydrogen) atoms. The summed E-state index contributed by atoms with van der Waals surface area (Å²) in [6.45, 7) is 5.62. The first-order chi connectivity index (χ1) is 13.6. The van der Waals surface area contributed by atoms with E-state index in [4.69, 9.17) is 32.7 Å². The topological polar surface area (TPSA) is 30.5 Å². The van der Waals surface area contributed by atoms with Gasteiger partial charge in [0.1, 0.15) is 6.61 Å². The summed E-state index contributed by atoms with van der Waals surface area (Å²) < 4.78 is 11.7. The fourth-order valence-corrected chi connectivity index (χ4v) is 3.22. The van der Waals surface area contributed by atoms with Crippen LogP contribution in [-0.2, 0) is 13.2 Å². The number of rotatable bonds is 8. The maximum atomic E-state index is 6.19. The monoisotopic (exact) mass is 415 g/mol. The lowest BCUT2D eigenvalue weighted by Crippen LogP contribution is -2.04. The first-order valence-corrected chi connectivity index (χ1v) is 9.94. The first-order valence-electron chi connectivity index (χ1n) is 9.18. The molecule has 3 aromatic carbocycles. The molecule has 1 N–H and O–H groups in total. The SMILES string of the molecule is CCOc1cc(CNc2cccc(Cl)c2C)ccc1OCc1cccc(Cl)c1. The molecule has 3 nitrogen and oxygen atoms in total. The largest absolute Gasteiger partial charge is 0.490 e. The van der Waals surface area contributed by atoms with Gasteiger partial charge < -0.3 is 14.8 Å². The van der Waals surface area contributed by atoms with Gasteiger partial charge in [0.25, 0.3) is 0 Å². The molecule has 0 fully saturated rings. The zero-order chi connectivity index (χ0) is 19.9. The Morgan fingerprint density at radius 3 is 2.46 bits per heavy atom. The molecule has 0 saturated heterocycles. The fourth-order valence-electron chi connectivity index (χ4n) is 2.83. The van der Waals surface area contributed by atoms with Crippen LogP contribution in [0.5, 0.6) is 11.5 Å². The van der Waals surface area contributed by atoms with Crippen LogP contribution in [-0.4, -0.2) is 6.61 Å². The van der Waals surface area contributed by atoms with Crippen molar-refractivity contribution in [3.63, 3.8) is 0 Å². The molecular formula is C23H23Cl2NO2. The molecule has 0 saturated carbocycles. The van der Waals surface area contributed by atoms with Crippen molar-refractivity contribution >= 4 is 28.9 Å². The zero-order valence-corrected chi connectivity index (χ0v) is 17.5. The minimum Gasteiger partial charge on any atom is -0.490 e.